The van der Waals surface area contributed by atoms with E-state index in [4.69, 9.17) is 23.2 Å². The van der Waals surface area contributed by atoms with Gasteiger partial charge in [-0.25, -0.2) is 0 Å². The lowest BCUT2D eigenvalue weighted by Crippen LogP contribution is -2.22. The van der Waals surface area contributed by atoms with Gasteiger partial charge >= 0.3 is 0 Å². The molecule has 0 saturated heterocycles. The highest BCUT2D eigenvalue weighted by molar-refractivity contribution is 6.42. The lowest BCUT2D eigenvalue weighted by atomic mass is 9.73. The lowest BCUT2D eigenvalue weighted by molar-refractivity contribution is -0.107. The first-order valence-electron chi connectivity index (χ1n) is 6.64. The lowest BCUT2D eigenvalue weighted by Gasteiger charge is -2.32. The van der Waals surface area contributed by atoms with Crippen LogP contribution in [0.25, 0.3) is 0 Å². The third kappa shape index (κ3) is 3.32. The molecule has 0 aliphatic heterocycles. The van der Waals surface area contributed by atoms with Crippen molar-refractivity contribution >= 4 is 29.5 Å². The van der Waals surface area contributed by atoms with Crippen LogP contribution in [-0.2, 0) is 11.2 Å². The zero-order valence-electron chi connectivity index (χ0n) is 11.6. The van der Waals surface area contributed by atoms with Crippen molar-refractivity contribution in [1.82, 2.24) is 0 Å². The molecule has 0 atom stereocenters. The summed E-state index contributed by atoms with van der Waals surface area (Å²) in [5.74, 6) is 1.98. The van der Waals surface area contributed by atoms with Crippen LogP contribution in [0.5, 0.6) is 0 Å². The first kappa shape index (κ1) is 14.9. The molecule has 1 radical (unpaired) electrons. The van der Waals surface area contributed by atoms with Crippen molar-refractivity contribution in [2.24, 2.45) is 11.3 Å². The molecule has 0 aromatic heterocycles. The highest BCUT2D eigenvalue weighted by Crippen LogP contribution is 2.52. The van der Waals surface area contributed by atoms with Crippen molar-refractivity contribution in [1.29, 1.82) is 0 Å². The molecule has 0 bridgehead atoms. The molecule has 0 N–H and O–H groups in total. The summed E-state index contributed by atoms with van der Waals surface area (Å²) in [6.45, 7) is 6.62. The van der Waals surface area contributed by atoms with E-state index in [0.29, 0.717) is 22.4 Å². The highest BCUT2D eigenvalue weighted by Gasteiger charge is 2.41. The van der Waals surface area contributed by atoms with Gasteiger partial charge < -0.3 is 4.79 Å². The van der Waals surface area contributed by atoms with E-state index in [1.54, 1.807) is 6.07 Å². The van der Waals surface area contributed by atoms with Crippen molar-refractivity contribution in [3.63, 3.8) is 0 Å². The van der Waals surface area contributed by atoms with Gasteiger partial charge in [-0.3, -0.25) is 0 Å². The number of halogens is 2. The second-order valence-electron chi connectivity index (χ2n) is 6.25. The van der Waals surface area contributed by atoms with Gasteiger partial charge in [-0.05, 0) is 41.4 Å². The summed E-state index contributed by atoms with van der Waals surface area (Å²) in [4.78, 5) is 10.7. The Morgan fingerprint density at radius 1 is 1.32 bits per heavy atom. The third-order valence-corrected chi connectivity index (χ3v) is 4.29. The summed E-state index contributed by atoms with van der Waals surface area (Å²) < 4.78 is 0. The zero-order valence-corrected chi connectivity index (χ0v) is 13.1. The highest BCUT2D eigenvalue weighted by atomic mass is 35.5. The van der Waals surface area contributed by atoms with E-state index in [2.05, 4.69) is 20.8 Å². The molecule has 19 heavy (non-hydrogen) atoms. The van der Waals surface area contributed by atoms with E-state index in [9.17, 15) is 4.79 Å². The fourth-order valence-electron chi connectivity index (χ4n) is 2.66. The minimum atomic E-state index is 0.0634. The molecule has 1 nitrogen and oxygen atoms in total. The second kappa shape index (κ2) is 5.46. The van der Waals surface area contributed by atoms with E-state index < -0.39 is 0 Å². The molecule has 103 valence electrons. The van der Waals surface area contributed by atoms with Gasteiger partial charge in [0, 0.05) is 12.3 Å². The van der Waals surface area contributed by atoms with Gasteiger partial charge in [0.1, 0.15) is 6.29 Å². The molecule has 1 fully saturated rings. The average molecular weight is 298 g/mol. The summed E-state index contributed by atoms with van der Waals surface area (Å²) in [5.41, 5.74) is 2.02. The summed E-state index contributed by atoms with van der Waals surface area (Å²) in [6, 6.07) is 3.82. The van der Waals surface area contributed by atoms with Crippen molar-refractivity contribution in [3.8, 4) is 0 Å². The Morgan fingerprint density at radius 2 is 1.95 bits per heavy atom. The molecular formula is C16H19Cl2O. The number of hydrogen-bond acceptors (Lipinski definition) is 1. The first-order valence-corrected chi connectivity index (χ1v) is 7.39. The Hall–Kier alpha value is -0.530. The smallest absolute Gasteiger partial charge is 0.124 e. The largest absolute Gasteiger partial charge is 0.303 e. The van der Waals surface area contributed by atoms with E-state index >= 15 is 0 Å². The van der Waals surface area contributed by atoms with Crippen LogP contribution >= 0.6 is 23.2 Å². The molecule has 2 rings (SSSR count). The molecule has 0 amide bonds. The molecule has 0 heterocycles. The fourth-order valence-corrected chi connectivity index (χ4v) is 3.12. The monoisotopic (exact) mass is 297 g/mol. The number of carbonyl (C=O) groups excluding carboxylic acids is 1. The van der Waals surface area contributed by atoms with Crippen LogP contribution in [0, 0.1) is 17.3 Å². The molecule has 1 aromatic carbocycles. The molecule has 3 heteroatoms. The second-order valence-corrected chi connectivity index (χ2v) is 7.03. The molecular weight excluding hydrogens is 279 g/mol. The molecule has 1 aliphatic carbocycles. The van der Waals surface area contributed by atoms with Gasteiger partial charge in [0.2, 0.25) is 0 Å². The summed E-state index contributed by atoms with van der Waals surface area (Å²) >= 11 is 12.6. The maximum absolute atomic E-state index is 10.7. The quantitative estimate of drug-likeness (QED) is 0.706. The summed E-state index contributed by atoms with van der Waals surface area (Å²) in [5, 5.41) is 1.16. The minimum absolute atomic E-state index is 0.0634. The van der Waals surface area contributed by atoms with Crippen molar-refractivity contribution in [2.45, 2.75) is 40.0 Å². The van der Waals surface area contributed by atoms with Gasteiger partial charge in [-0.15, -0.1) is 0 Å². The molecule has 0 spiro atoms. The van der Waals surface area contributed by atoms with Gasteiger partial charge in [0.25, 0.3) is 0 Å². The maximum atomic E-state index is 10.7. The molecule has 0 unspecified atom stereocenters. The average Bonchev–Trinajstić information content (AvgIpc) is 3.08. The number of benzene rings is 1. The van der Waals surface area contributed by atoms with E-state index in [-0.39, 0.29) is 5.41 Å². The summed E-state index contributed by atoms with van der Waals surface area (Å²) in [6.07, 6.45) is 3.72. The van der Waals surface area contributed by atoms with Gasteiger partial charge in [0.15, 0.2) is 0 Å². The first-order chi connectivity index (χ1) is 8.84. The van der Waals surface area contributed by atoms with E-state index in [0.717, 1.165) is 17.4 Å². The van der Waals surface area contributed by atoms with E-state index in [1.807, 2.05) is 6.07 Å². The predicted molar refractivity (Wildman–Crippen MR) is 80.8 cm³/mol. The Balaban J connectivity index is 2.49. The number of carbonyl (C=O) groups is 1. The third-order valence-electron chi connectivity index (χ3n) is 3.49. The minimum Gasteiger partial charge on any atom is -0.303 e. The Bertz CT molecular complexity index is 484. The Labute approximate surface area is 125 Å². The molecule has 1 saturated carbocycles. The SMILES string of the molecule is CC(C)(C)[C](c1cc(CC=O)cc(Cl)c1Cl)C1CC1. The van der Waals surface area contributed by atoms with Crippen LogP contribution in [0.3, 0.4) is 0 Å². The normalized spacial score (nSPS) is 15.9. The van der Waals surface area contributed by atoms with Crippen LogP contribution in [0.4, 0.5) is 0 Å². The van der Waals surface area contributed by atoms with Crippen LogP contribution in [-0.4, -0.2) is 6.29 Å². The van der Waals surface area contributed by atoms with Gasteiger partial charge in [0.05, 0.1) is 10.0 Å². The van der Waals surface area contributed by atoms with Crippen molar-refractivity contribution in [3.05, 3.63) is 39.2 Å². The van der Waals surface area contributed by atoms with Crippen LogP contribution in [0.15, 0.2) is 12.1 Å². The predicted octanol–water partition coefficient (Wildman–Crippen LogP) is 5.11. The molecule has 1 aromatic rings. The van der Waals surface area contributed by atoms with Crippen molar-refractivity contribution in [2.75, 3.05) is 0 Å². The molecule has 1 aliphatic rings. The van der Waals surface area contributed by atoms with Crippen molar-refractivity contribution < 1.29 is 4.79 Å². The number of rotatable bonds is 4. The van der Waals surface area contributed by atoms with Gasteiger partial charge in [-0.2, -0.15) is 0 Å². The Morgan fingerprint density at radius 3 is 2.42 bits per heavy atom. The topological polar surface area (TPSA) is 17.1 Å². The fraction of sp³-hybridized carbons (Fsp3) is 0.500. The van der Waals surface area contributed by atoms with Crippen LogP contribution in [0.1, 0.15) is 44.7 Å². The van der Waals surface area contributed by atoms with Crippen LogP contribution < -0.4 is 0 Å². The summed E-state index contributed by atoms with van der Waals surface area (Å²) in [7, 11) is 0. The Kier molecular flexibility index (Phi) is 4.27. The standard InChI is InChI=1S/C16H19Cl2O/c1-16(2,3)14(11-4-5-11)12-8-10(6-7-19)9-13(17)15(12)18/h7-9,11H,4-6H2,1-3H3. The van der Waals surface area contributed by atoms with E-state index in [1.165, 1.54) is 18.8 Å². The number of aldehydes is 1. The van der Waals surface area contributed by atoms with Gasteiger partial charge in [-0.1, -0.05) is 50.0 Å². The maximum Gasteiger partial charge on any atom is 0.124 e. The van der Waals surface area contributed by atoms with Crippen LogP contribution in [0.2, 0.25) is 10.0 Å². The zero-order chi connectivity index (χ0) is 14.2. The number of hydrogen-bond donors (Lipinski definition) is 0.